The van der Waals surface area contributed by atoms with E-state index in [1.165, 1.54) is 28.8 Å². The molecule has 11 nitrogen and oxygen atoms in total. The Labute approximate surface area is 213 Å². The number of methoxy groups -OCH3 is 1. The van der Waals surface area contributed by atoms with Crippen LogP contribution in [0.5, 0.6) is 5.75 Å². The van der Waals surface area contributed by atoms with Crippen molar-refractivity contribution in [3.8, 4) is 5.75 Å². The maximum absolute atomic E-state index is 13.4. The summed E-state index contributed by atoms with van der Waals surface area (Å²) in [6, 6.07) is 12.9. The van der Waals surface area contributed by atoms with Crippen LogP contribution in [-0.2, 0) is 17.8 Å². The number of hydrogen-bond donors (Lipinski definition) is 2. The number of benzene rings is 2. The molecule has 0 atom stereocenters. The van der Waals surface area contributed by atoms with Gasteiger partial charge < -0.3 is 25.4 Å². The molecule has 2 aromatic carbocycles. The van der Waals surface area contributed by atoms with Crippen molar-refractivity contribution in [2.45, 2.75) is 13.1 Å². The summed E-state index contributed by atoms with van der Waals surface area (Å²) in [6.07, 6.45) is 0. The maximum Gasteiger partial charge on any atom is 0.355 e. The Bertz CT molecular complexity index is 1330. The van der Waals surface area contributed by atoms with Gasteiger partial charge in [-0.2, -0.15) is 4.98 Å². The maximum atomic E-state index is 13.4. The van der Waals surface area contributed by atoms with Crippen LogP contribution in [-0.4, -0.2) is 71.5 Å². The van der Waals surface area contributed by atoms with Gasteiger partial charge in [-0.05, 0) is 35.4 Å². The number of anilines is 1. The SMILES string of the molecule is COc1ccc(Cn2c(NCCN=C(N)N3CCOCC3)nc(=O)n(Cc3ccc(F)cc3)c2=O)cc1. The third-order valence-corrected chi connectivity index (χ3v) is 5.91. The van der Waals surface area contributed by atoms with Gasteiger partial charge in [0.05, 0.1) is 40.0 Å². The molecule has 0 radical (unpaired) electrons. The van der Waals surface area contributed by atoms with Gasteiger partial charge in [-0.3, -0.25) is 9.56 Å². The molecule has 37 heavy (non-hydrogen) atoms. The van der Waals surface area contributed by atoms with E-state index < -0.39 is 17.2 Å². The van der Waals surface area contributed by atoms with E-state index in [2.05, 4.69) is 15.3 Å². The smallest absolute Gasteiger partial charge is 0.355 e. The van der Waals surface area contributed by atoms with Crippen molar-refractivity contribution in [2.75, 3.05) is 51.8 Å². The predicted octanol–water partition coefficient (Wildman–Crippen LogP) is 0.708. The molecule has 1 aliphatic heterocycles. The first-order valence-electron chi connectivity index (χ1n) is 11.9. The standard InChI is InChI=1S/C25H30FN7O4/c1-36-21-8-4-19(5-9-21)16-32-23(29-11-10-28-22(27)31-12-14-37-15-13-31)30-24(34)33(25(32)35)17-18-2-6-20(26)7-3-18/h2-9H,10-17H2,1H3,(H2,27,28)(H,29,30,34). The Morgan fingerprint density at radius 2 is 1.68 bits per heavy atom. The van der Waals surface area contributed by atoms with Crippen molar-refractivity contribution >= 4 is 11.9 Å². The minimum absolute atomic E-state index is 0.0335. The summed E-state index contributed by atoms with van der Waals surface area (Å²) in [7, 11) is 1.57. The van der Waals surface area contributed by atoms with E-state index >= 15 is 0 Å². The van der Waals surface area contributed by atoms with E-state index in [0.717, 1.165) is 10.1 Å². The minimum Gasteiger partial charge on any atom is -0.497 e. The first kappa shape index (κ1) is 25.9. The molecule has 0 unspecified atom stereocenters. The molecule has 0 aliphatic carbocycles. The number of hydrogen-bond acceptors (Lipinski definition) is 7. The number of rotatable bonds is 9. The Morgan fingerprint density at radius 1 is 1.05 bits per heavy atom. The van der Waals surface area contributed by atoms with Crippen molar-refractivity contribution in [3.05, 3.63) is 86.4 Å². The largest absolute Gasteiger partial charge is 0.497 e. The highest BCUT2D eigenvalue weighted by Gasteiger charge is 2.15. The Kier molecular flexibility index (Phi) is 8.52. The zero-order valence-corrected chi connectivity index (χ0v) is 20.6. The lowest BCUT2D eigenvalue weighted by atomic mass is 10.2. The van der Waals surface area contributed by atoms with Crippen molar-refractivity contribution < 1.29 is 13.9 Å². The molecular formula is C25H30FN7O4. The van der Waals surface area contributed by atoms with Gasteiger partial charge in [0.2, 0.25) is 5.95 Å². The first-order valence-corrected chi connectivity index (χ1v) is 11.9. The number of guanidine groups is 1. The molecule has 0 bridgehead atoms. The van der Waals surface area contributed by atoms with Crippen molar-refractivity contribution in [3.63, 3.8) is 0 Å². The van der Waals surface area contributed by atoms with Crippen LogP contribution in [0.2, 0.25) is 0 Å². The molecule has 3 N–H and O–H groups in total. The molecule has 0 spiro atoms. The van der Waals surface area contributed by atoms with E-state index in [1.54, 1.807) is 19.2 Å². The molecular weight excluding hydrogens is 481 g/mol. The zero-order chi connectivity index (χ0) is 26.2. The average Bonchev–Trinajstić information content (AvgIpc) is 2.92. The van der Waals surface area contributed by atoms with E-state index in [-0.39, 0.29) is 19.0 Å². The Balaban J connectivity index is 1.57. The second-order valence-electron chi connectivity index (χ2n) is 8.41. The molecule has 1 aliphatic rings. The van der Waals surface area contributed by atoms with Crippen LogP contribution in [0.25, 0.3) is 0 Å². The molecule has 1 aromatic heterocycles. The molecule has 1 fully saturated rings. The van der Waals surface area contributed by atoms with E-state index in [0.29, 0.717) is 56.7 Å². The lowest BCUT2D eigenvalue weighted by Crippen LogP contribution is -2.45. The van der Waals surface area contributed by atoms with Gasteiger partial charge in [0.25, 0.3) is 0 Å². The van der Waals surface area contributed by atoms with Crippen LogP contribution < -0.4 is 27.2 Å². The fraction of sp³-hybridized carbons (Fsp3) is 0.360. The van der Waals surface area contributed by atoms with Crippen molar-refractivity contribution in [1.82, 2.24) is 19.0 Å². The Hall–Kier alpha value is -4.19. The van der Waals surface area contributed by atoms with Gasteiger partial charge >= 0.3 is 11.4 Å². The molecule has 12 heteroatoms. The topological polar surface area (TPSA) is 129 Å². The quantitative estimate of drug-likeness (QED) is 0.244. The number of nitrogens with zero attached hydrogens (tertiary/aromatic N) is 5. The lowest BCUT2D eigenvalue weighted by Gasteiger charge is -2.27. The second kappa shape index (κ2) is 12.2. The van der Waals surface area contributed by atoms with Gasteiger partial charge in [-0.25, -0.2) is 18.5 Å². The second-order valence-corrected chi connectivity index (χ2v) is 8.41. The van der Waals surface area contributed by atoms with Gasteiger partial charge in [-0.1, -0.05) is 24.3 Å². The zero-order valence-electron chi connectivity index (χ0n) is 20.6. The molecule has 2 heterocycles. The fourth-order valence-electron chi connectivity index (χ4n) is 3.86. The minimum atomic E-state index is -0.709. The average molecular weight is 512 g/mol. The summed E-state index contributed by atoms with van der Waals surface area (Å²) in [6.45, 7) is 3.32. The molecule has 196 valence electrons. The number of aromatic nitrogens is 3. The van der Waals surface area contributed by atoms with E-state index in [4.69, 9.17) is 15.2 Å². The summed E-state index contributed by atoms with van der Waals surface area (Å²) in [4.78, 5) is 36.7. The number of halogens is 1. The van der Waals surface area contributed by atoms with Crippen LogP contribution in [0.1, 0.15) is 11.1 Å². The van der Waals surface area contributed by atoms with Crippen molar-refractivity contribution in [2.24, 2.45) is 10.7 Å². The van der Waals surface area contributed by atoms with Crippen LogP contribution in [0, 0.1) is 5.82 Å². The summed E-state index contributed by atoms with van der Waals surface area (Å²) in [5.74, 6) is 0.830. The van der Waals surface area contributed by atoms with Crippen LogP contribution in [0.3, 0.4) is 0 Å². The summed E-state index contributed by atoms with van der Waals surface area (Å²) in [5.41, 5.74) is 6.24. The highest BCUT2D eigenvalue weighted by Crippen LogP contribution is 2.13. The highest BCUT2D eigenvalue weighted by molar-refractivity contribution is 5.78. The summed E-state index contributed by atoms with van der Waals surface area (Å²) >= 11 is 0. The highest BCUT2D eigenvalue weighted by atomic mass is 19.1. The molecule has 0 amide bonds. The molecule has 1 saturated heterocycles. The van der Waals surface area contributed by atoms with E-state index in [1.807, 2.05) is 17.0 Å². The monoisotopic (exact) mass is 511 g/mol. The van der Waals surface area contributed by atoms with Gasteiger partial charge in [0.15, 0.2) is 5.96 Å². The fourth-order valence-corrected chi connectivity index (χ4v) is 3.86. The predicted molar refractivity (Wildman–Crippen MR) is 138 cm³/mol. The number of morpholine rings is 1. The molecule has 3 aromatic rings. The van der Waals surface area contributed by atoms with E-state index in [9.17, 15) is 14.0 Å². The Morgan fingerprint density at radius 3 is 2.32 bits per heavy atom. The number of nitrogens with one attached hydrogen (secondary N) is 1. The van der Waals surface area contributed by atoms with Crippen LogP contribution in [0.4, 0.5) is 10.3 Å². The van der Waals surface area contributed by atoms with Crippen molar-refractivity contribution in [1.29, 1.82) is 0 Å². The molecule has 4 rings (SSSR count). The summed E-state index contributed by atoms with van der Waals surface area (Å²) in [5, 5.41) is 3.05. The number of ether oxygens (including phenoxy) is 2. The third-order valence-electron chi connectivity index (χ3n) is 5.91. The van der Waals surface area contributed by atoms with Gasteiger partial charge in [-0.15, -0.1) is 0 Å². The summed E-state index contributed by atoms with van der Waals surface area (Å²) < 4.78 is 26.3. The first-order chi connectivity index (χ1) is 17.9. The van der Waals surface area contributed by atoms with Crippen LogP contribution >= 0.6 is 0 Å². The normalized spacial score (nSPS) is 14.0. The number of aliphatic imine (C=N–C) groups is 1. The van der Waals surface area contributed by atoms with Crippen LogP contribution in [0.15, 0.2) is 63.1 Å². The van der Waals surface area contributed by atoms with Gasteiger partial charge in [0, 0.05) is 19.6 Å². The molecule has 0 saturated carbocycles. The van der Waals surface area contributed by atoms with Gasteiger partial charge in [0.1, 0.15) is 11.6 Å². The third kappa shape index (κ3) is 6.73. The lowest BCUT2D eigenvalue weighted by molar-refractivity contribution is 0.0674. The number of nitrogens with two attached hydrogens (primary N) is 1.